The Kier molecular flexibility index (Phi) is 3.17. The van der Waals surface area contributed by atoms with E-state index in [0.717, 1.165) is 15.5 Å². The molecule has 0 aliphatic carbocycles. The van der Waals surface area contributed by atoms with Crippen LogP contribution in [0, 0.1) is 0 Å². The number of nitrogens with one attached hydrogen (secondary N) is 1. The minimum Gasteiger partial charge on any atom is -0.289 e. The highest BCUT2D eigenvalue weighted by Crippen LogP contribution is 2.27. The summed E-state index contributed by atoms with van der Waals surface area (Å²) in [6, 6.07) is 5.68. The highest BCUT2D eigenvalue weighted by Gasteiger charge is 2.16. The molecule has 0 spiro atoms. The van der Waals surface area contributed by atoms with E-state index in [1.165, 1.54) is 11.3 Å². The van der Waals surface area contributed by atoms with Crippen LogP contribution in [0.15, 0.2) is 47.5 Å². The van der Waals surface area contributed by atoms with Gasteiger partial charge in [-0.25, -0.2) is 15.0 Å². The molecule has 4 aromatic rings. The van der Waals surface area contributed by atoms with Gasteiger partial charge in [0, 0.05) is 24.0 Å². The van der Waals surface area contributed by atoms with Gasteiger partial charge in [-0.1, -0.05) is 6.07 Å². The molecule has 0 fully saturated rings. The number of imidazole rings is 1. The van der Waals surface area contributed by atoms with E-state index < -0.39 is 0 Å². The summed E-state index contributed by atoms with van der Waals surface area (Å²) in [7, 11) is 0. The van der Waals surface area contributed by atoms with Crippen LogP contribution < -0.4 is 5.32 Å². The summed E-state index contributed by atoms with van der Waals surface area (Å²) in [5, 5.41) is 6.46. The number of nitrogens with zero attached hydrogens (tertiary/aromatic N) is 4. The second-order valence-corrected chi connectivity index (χ2v) is 6.19. The Morgan fingerprint density at radius 2 is 2.05 bits per heavy atom. The van der Waals surface area contributed by atoms with Crippen LogP contribution in [0.5, 0.6) is 0 Å². The first-order valence-electron chi connectivity index (χ1n) is 6.40. The molecule has 4 rings (SSSR count). The Labute approximate surface area is 133 Å². The molecule has 1 N–H and O–H groups in total. The van der Waals surface area contributed by atoms with Crippen molar-refractivity contribution < 1.29 is 4.79 Å². The normalized spacial score (nSPS) is 10.9. The fraction of sp³-hybridized carbons (Fsp3) is 0. The molecule has 0 saturated carbocycles. The summed E-state index contributed by atoms with van der Waals surface area (Å²) in [5.41, 5.74) is 1.38. The van der Waals surface area contributed by atoms with E-state index in [2.05, 4.69) is 20.3 Å². The molecule has 0 aromatic carbocycles. The largest absolute Gasteiger partial charge is 0.289 e. The quantitative estimate of drug-likeness (QED) is 0.627. The third-order valence-electron chi connectivity index (χ3n) is 3.01. The molecular formula is C14H9N5OS2. The lowest BCUT2D eigenvalue weighted by Crippen LogP contribution is -2.15. The molecule has 0 saturated heterocycles. The minimum atomic E-state index is -0.257. The van der Waals surface area contributed by atoms with Crippen LogP contribution >= 0.6 is 22.7 Å². The molecule has 0 radical (unpaired) electrons. The zero-order valence-corrected chi connectivity index (χ0v) is 12.8. The first kappa shape index (κ1) is 13.1. The molecule has 0 aliphatic heterocycles. The molecule has 0 unspecified atom stereocenters. The van der Waals surface area contributed by atoms with Crippen LogP contribution in [-0.2, 0) is 0 Å². The third kappa shape index (κ3) is 2.28. The molecule has 8 heteroatoms. The van der Waals surface area contributed by atoms with Gasteiger partial charge in [0.1, 0.15) is 11.4 Å². The first-order chi connectivity index (χ1) is 10.8. The van der Waals surface area contributed by atoms with Gasteiger partial charge >= 0.3 is 0 Å². The Morgan fingerprint density at radius 1 is 1.18 bits per heavy atom. The second kappa shape index (κ2) is 5.32. The molecule has 4 aromatic heterocycles. The highest BCUT2D eigenvalue weighted by atomic mass is 32.1. The van der Waals surface area contributed by atoms with E-state index in [1.807, 2.05) is 23.7 Å². The van der Waals surface area contributed by atoms with Gasteiger partial charge in [-0.3, -0.25) is 14.5 Å². The number of carbonyl (C=O) groups is 1. The monoisotopic (exact) mass is 327 g/mol. The lowest BCUT2D eigenvalue weighted by atomic mass is 10.4. The topological polar surface area (TPSA) is 72.2 Å². The van der Waals surface area contributed by atoms with Gasteiger partial charge in [0.15, 0.2) is 4.96 Å². The van der Waals surface area contributed by atoms with Crippen molar-refractivity contribution in [2.24, 2.45) is 0 Å². The van der Waals surface area contributed by atoms with Crippen LogP contribution in [0.25, 0.3) is 15.5 Å². The average molecular weight is 327 g/mol. The Hall–Kier alpha value is -2.58. The van der Waals surface area contributed by atoms with Crippen LogP contribution in [0.3, 0.4) is 0 Å². The third-order valence-corrected chi connectivity index (χ3v) is 4.74. The number of hydrogen-bond donors (Lipinski definition) is 1. The van der Waals surface area contributed by atoms with Gasteiger partial charge in [0.05, 0.1) is 4.88 Å². The molecule has 0 bridgehead atoms. The zero-order valence-electron chi connectivity index (χ0n) is 11.1. The van der Waals surface area contributed by atoms with E-state index >= 15 is 0 Å². The van der Waals surface area contributed by atoms with E-state index in [-0.39, 0.29) is 11.9 Å². The number of rotatable bonds is 3. The van der Waals surface area contributed by atoms with Crippen molar-refractivity contribution in [3.63, 3.8) is 0 Å². The molecule has 0 atom stereocenters. The van der Waals surface area contributed by atoms with Crippen molar-refractivity contribution >= 4 is 39.5 Å². The molecular weight excluding hydrogens is 318 g/mol. The van der Waals surface area contributed by atoms with Gasteiger partial charge < -0.3 is 0 Å². The molecule has 4 heterocycles. The maximum Gasteiger partial charge on any atom is 0.275 e. The number of carbonyl (C=O) groups excluding carboxylic acids is 1. The second-order valence-electron chi connectivity index (χ2n) is 4.40. The smallest absolute Gasteiger partial charge is 0.275 e. The van der Waals surface area contributed by atoms with Gasteiger partial charge in [0.2, 0.25) is 5.95 Å². The maximum atomic E-state index is 12.4. The van der Waals surface area contributed by atoms with Crippen LogP contribution in [0.2, 0.25) is 0 Å². The van der Waals surface area contributed by atoms with Gasteiger partial charge in [0.25, 0.3) is 5.91 Å². The standard InChI is InChI=1S/C14H9N5OS2/c20-12(18-13-15-4-2-5-16-13)10-8-22-14-17-9(7-19(10)14)11-3-1-6-21-11/h1-8H,(H,15,16,18,20). The zero-order chi connectivity index (χ0) is 14.9. The van der Waals surface area contributed by atoms with Gasteiger partial charge in [-0.15, -0.1) is 22.7 Å². The Morgan fingerprint density at radius 3 is 2.82 bits per heavy atom. The number of amides is 1. The fourth-order valence-corrected chi connectivity index (χ4v) is 3.55. The first-order valence-corrected chi connectivity index (χ1v) is 8.16. The highest BCUT2D eigenvalue weighted by molar-refractivity contribution is 7.15. The average Bonchev–Trinajstić information content (AvgIpc) is 3.24. The molecule has 1 amide bonds. The molecule has 6 nitrogen and oxygen atoms in total. The minimum absolute atomic E-state index is 0.257. The van der Waals surface area contributed by atoms with Crippen LogP contribution in [0.4, 0.5) is 5.95 Å². The fourth-order valence-electron chi connectivity index (χ4n) is 2.02. The van der Waals surface area contributed by atoms with Crippen LogP contribution in [0.1, 0.15) is 10.5 Å². The summed E-state index contributed by atoms with van der Waals surface area (Å²) in [6.07, 6.45) is 5.04. The Balaban J connectivity index is 1.68. The summed E-state index contributed by atoms with van der Waals surface area (Å²) in [5.74, 6) is 0.0259. The molecule has 0 aliphatic rings. The van der Waals surface area contributed by atoms with E-state index in [4.69, 9.17) is 0 Å². The van der Waals surface area contributed by atoms with E-state index in [1.54, 1.807) is 39.6 Å². The summed E-state index contributed by atoms with van der Waals surface area (Å²) >= 11 is 3.05. The summed E-state index contributed by atoms with van der Waals surface area (Å²) in [4.78, 5) is 26.7. The van der Waals surface area contributed by atoms with Crippen molar-refractivity contribution in [2.75, 3.05) is 5.32 Å². The van der Waals surface area contributed by atoms with E-state index in [0.29, 0.717) is 5.69 Å². The van der Waals surface area contributed by atoms with Crippen LogP contribution in [-0.4, -0.2) is 25.3 Å². The number of fused-ring (bicyclic) bond motifs is 1. The molecule has 22 heavy (non-hydrogen) atoms. The lowest BCUT2D eigenvalue weighted by Gasteiger charge is -2.01. The number of thiazole rings is 1. The van der Waals surface area contributed by atoms with Crippen molar-refractivity contribution in [3.05, 3.63) is 53.2 Å². The number of hydrogen-bond acceptors (Lipinski definition) is 6. The van der Waals surface area contributed by atoms with Crippen molar-refractivity contribution in [1.29, 1.82) is 0 Å². The van der Waals surface area contributed by atoms with Gasteiger partial charge in [-0.05, 0) is 17.5 Å². The predicted molar refractivity (Wildman–Crippen MR) is 86.4 cm³/mol. The number of thiophene rings is 1. The predicted octanol–water partition coefficient (Wildman–Crippen LogP) is 3.17. The maximum absolute atomic E-state index is 12.4. The van der Waals surface area contributed by atoms with Crippen molar-refractivity contribution in [3.8, 4) is 10.6 Å². The lowest BCUT2D eigenvalue weighted by molar-refractivity contribution is 0.102. The van der Waals surface area contributed by atoms with Crippen molar-refractivity contribution in [2.45, 2.75) is 0 Å². The number of aromatic nitrogens is 4. The van der Waals surface area contributed by atoms with Gasteiger partial charge in [-0.2, -0.15) is 0 Å². The summed E-state index contributed by atoms with van der Waals surface area (Å²) < 4.78 is 1.79. The van der Waals surface area contributed by atoms with E-state index in [9.17, 15) is 4.79 Å². The summed E-state index contributed by atoms with van der Waals surface area (Å²) in [6.45, 7) is 0. The van der Waals surface area contributed by atoms with Crippen molar-refractivity contribution in [1.82, 2.24) is 19.4 Å². The number of anilines is 1. The Bertz CT molecular complexity index is 927. The molecule has 108 valence electrons. The SMILES string of the molecule is O=C(Nc1ncccn1)c1csc2nc(-c3cccs3)cn12.